The van der Waals surface area contributed by atoms with Crippen LogP contribution in [-0.4, -0.2) is 44.5 Å². The fourth-order valence-corrected chi connectivity index (χ4v) is 2.62. The van der Waals surface area contributed by atoms with Gasteiger partial charge in [-0.05, 0) is 36.6 Å². The van der Waals surface area contributed by atoms with E-state index < -0.39 is 6.10 Å². The second-order valence-corrected chi connectivity index (χ2v) is 6.32. The molecule has 2 aromatic carbocycles. The van der Waals surface area contributed by atoms with Gasteiger partial charge in [0.05, 0.1) is 19.3 Å². The second-order valence-electron chi connectivity index (χ2n) is 6.32. The summed E-state index contributed by atoms with van der Waals surface area (Å²) in [5.41, 5.74) is 2.03. The van der Waals surface area contributed by atoms with Crippen molar-refractivity contribution in [2.45, 2.75) is 26.0 Å². The van der Waals surface area contributed by atoms with Crippen LogP contribution in [0.5, 0.6) is 5.75 Å². The van der Waals surface area contributed by atoms with Crippen LogP contribution in [0.15, 0.2) is 59.6 Å². The number of ether oxygens (including phenoxy) is 2. The number of hydrogen-bond acceptors (Lipinski definition) is 4. The van der Waals surface area contributed by atoms with Crippen molar-refractivity contribution in [3.63, 3.8) is 0 Å². The molecule has 28 heavy (non-hydrogen) atoms. The zero-order valence-electron chi connectivity index (χ0n) is 16.7. The lowest BCUT2D eigenvalue weighted by molar-refractivity contribution is 0.146. The number of guanidine groups is 1. The van der Waals surface area contributed by atoms with Crippen LogP contribution in [0.1, 0.15) is 30.6 Å². The fourth-order valence-electron chi connectivity index (χ4n) is 2.62. The molecule has 152 valence electrons. The molecule has 0 fully saturated rings. The summed E-state index contributed by atoms with van der Waals surface area (Å²) in [5.74, 6) is 1.56. The Bertz CT molecular complexity index is 690. The van der Waals surface area contributed by atoms with Crippen LogP contribution in [0.4, 0.5) is 0 Å². The maximum Gasteiger partial charge on any atom is 0.191 e. The molecule has 1 atom stereocenters. The van der Waals surface area contributed by atoms with Crippen molar-refractivity contribution in [2.24, 2.45) is 4.99 Å². The molecule has 1 unspecified atom stereocenters. The van der Waals surface area contributed by atoms with E-state index in [4.69, 9.17) is 9.47 Å². The summed E-state index contributed by atoms with van der Waals surface area (Å²) >= 11 is 0. The summed E-state index contributed by atoms with van der Waals surface area (Å²) in [5, 5.41) is 16.8. The molecule has 2 rings (SSSR count). The highest BCUT2D eigenvalue weighted by molar-refractivity contribution is 5.79. The molecule has 2 aromatic rings. The lowest BCUT2D eigenvalue weighted by atomic mass is 10.1. The van der Waals surface area contributed by atoms with E-state index in [9.17, 15) is 5.11 Å². The first kappa shape index (κ1) is 21.7. The van der Waals surface area contributed by atoms with Gasteiger partial charge in [0.2, 0.25) is 0 Å². The minimum Gasteiger partial charge on any atom is -0.491 e. The molecule has 3 N–H and O–H groups in total. The zero-order chi connectivity index (χ0) is 20.0. The van der Waals surface area contributed by atoms with Crippen LogP contribution < -0.4 is 15.4 Å². The summed E-state index contributed by atoms with van der Waals surface area (Å²) in [4.78, 5) is 4.61. The lowest BCUT2D eigenvalue weighted by Crippen LogP contribution is -2.38. The molecule has 6 nitrogen and oxygen atoms in total. The Kier molecular flexibility index (Phi) is 9.89. The molecule has 0 aliphatic carbocycles. The number of nitrogens with zero attached hydrogens (tertiary/aromatic N) is 1. The predicted octanol–water partition coefficient (Wildman–Crippen LogP) is 2.89. The number of aliphatic hydroxyl groups excluding tert-OH is 1. The van der Waals surface area contributed by atoms with Crippen molar-refractivity contribution in [1.82, 2.24) is 10.6 Å². The van der Waals surface area contributed by atoms with Gasteiger partial charge in [-0.25, -0.2) is 4.99 Å². The van der Waals surface area contributed by atoms with Crippen LogP contribution in [-0.2, 0) is 11.3 Å². The van der Waals surface area contributed by atoms with Crippen molar-refractivity contribution in [3.8, 4) is 5.75 Å². The van der Waals surface area contributed by atoms with Crippen LogP contribution in [0, 0.1) is 0 Å². The van der Waals surface area contributed by atoms with Gasteiger partial charge in [0.1, 0.15) is 12.4 Å². The monoisotopic (exact) mass is 385 g/mol. The first-order chi connectivity index (χ1) is 13.7. The third kappa shape index (κ3) is 7.98. The van der Waals surface area contributed by atoms with Gasteiger partial charge < -0.3 is 25.2 Å². The van der Waals surface area contributed by atoms with E-state index in [1.54, 1.807) is 7.11 Å². The Morgan fingerprint density at radius 2 is 1.79 bits per heavy atom. The third-order valence-electron chi connectivity index (χ3n) is 4.14. The van der Waals surface area contributed by atoms with Crippen molar-refractivity contribution >= 4 is 5.96 Å². The molecule has 0 heterocycles. The van der Waals surface area contributed by atoms with Gasteiger partial charge in [0, 0.05) is 20.2 Å². The van der Waals surface area contributed by atoms with Crippen LogP contribution in [0.3, 0.4) is 0 Å². The normalized spacial score (nSPS) is 12.5. The Labute approximate surface area is 167 Å². The number of aliphatic hydroxyl groups is 1. The van der Waals surface area contributed by atoms with Gasteiger partial charge in [-0.15, -0.1) is 0 Å². The third-order valence-corrected chi connectivity index (χ3v) is 4.14. The highest BCUT2D eigenvalue weighted by Crippen LogP contribution is 2.15. The molecule has 0 aliphatic heterocycles. The number of rotatable bonds is 11. The largest absolute Gasteiger partial charge is 0.491 e. The van der Waals surface area contributed by atoms with Crippen molar-refractivity contribution in [3.05, 3.63) is 65.7 Å². The molecule has 0 aliphatic rings. The maximum atomic E-state index is 10.3. The Balaban J connectivity index is 1.81. The molecule has 6 heteroatoms. The second kappa shape index (κ2) is 12.8. The van der Waals surface area contributed by atoms with E-state index in [0.717, 1.165) is 29.4 Å². The van der Waals surface area contributed by atoms with E-state index in [-0.39, 0.29) is 0 Å². The molecular formula is C22H31N3O3. The van der Waals surface area contributed by atoms with E-state index >= 15 is 0 Å². The van der Waals surface area contributed by atoms with E-state index in [1.807, 2.05) is 61.5 Å². The van der Waals surface area contributed by atoms with E-state index in [1.165, 1.54) is 0 Å². The lowest BCUT2D eigenvalue weighted by Gasteiger charge is -2.14. The van der Waals surface area contributed by atoms with Crippen molar-refractivity contribution in [1.29, 1.82) is 0 Å². The minimum absolute atomic E-state index is 0.484. The summed E-state index contributed by atoms with van der Waals surface area (Å²) in [6, 6.07) is 17.6. The maximum absolute atomic E-state index is 10.3. The molecule has 0 bridgehead atoms. The van der Waals surface area contributed by atoms with Gasteiger partial charge in [-0.2, -0.15) is 0 Å². The molecule has 0 spiro atoms. The molecule has 0 saturated carbocycles. The minimum atomic E-state index is -0.484. The van der Waals surface area contributed by atoms with Gasteiger partial charge >= 0.3 is 0 Å². The summed E-state index contributed by atoms with van der Waals surface area (Å²) in [7, 11) is 1.66. The number of hydrogen-bond donors (Lipinski definition) is 3. The highest BCUT2D eigenvalue weighted by Gasteiger charge is 2.07. The Morgan fingerprint density at radius 3 is 2.46 bits per heavy atom. The summed E-state index contributed by atoms with van der Waals surface area (Å²) < 4.78 is 10.5. The van der Waals surface area contributed by atoms with Gasteiger partial charge in [-0.3, -0.25) is 0 Å². The van der Waals surface area contributed by atoms with Crippen LogP contribution in [0.2, 0.25) is 0 Å². The number of nitrogens with one attached hydrogen (secondary N) is 2. The first-order valence-electron chi connectivity index (χ1n) is 9.68. The Hall–Kier alpha value is -2.57. The SMILES string of the molecule is CCNC(=NCc1ccc(OCCOC)cc1)NCCC(O)c1ccccc1. The standard InChI is InChI=1S/C22H31N3O3/c1-3-23-22(24-14-13-21(26)19-7-5-4-6-8-19)25-17-18-9-11-20(12-10-18)28-16-15-27-2/h4-12,21,26H,3,13-17H2,1-2H3,(H2,23,24,25). The highest BCUT2D eigenvalue weighted by atomic mass is 16.5. The summed E-state index contributed by atoms with van der Waals surface area (Å²) in [6.07, 6.45) is 0.129. The van der Waals surface area contributed by atoms with Crippen molar-refractivity contribution < 1.29 is 14.6 Å². The molecule has 0 radical (unpaired) electrons. The van der Waals surface area contributed by atoms with E-state index in [2.05, 4.69) is 15.6 Å². The number of benzene rings is 2. The Morgan fingerprint density at radius 1 is 1.04 bits per heavy atom. The molecule has 0 saturated heterocycles. The quantitative estimate of drug-likeness (QED) is 0.315. The van der Waals surface area contributed by atoms with Gasteiger partial charge in [-0.1, -0.05) is 42.5 Å². The number of methoxy groups -OCH3 is 1. The number of aliphatic imine (C=N–C) groups is 1. The topological polar surface area (TPSA) is 75.1 Å². The smallest absolute Gasteiger partial charge is 0.191 e. The van der Waals surface area contributed by atoms with Gasteiger partial charge in [0.25, 0.3) is 0 Å². The van der Waals surface area contributed by atoms with E-state index in [0.29, 0.717) is 32.7 Å². The zero-order valence-corrected chi connectivity index (χ0v) is 16.7. The molecule has 0 amide bonds. The van der Waals surface area contributed by atoms with Crippen LogP contribution >= 0.6 is 0 Å². The molecular weight excluding hydrogens is 354 g/mol. The summed E-state index contributed by atoms with van der Waals surface area (Å²) in [6.45, 7) is 5.12. The van der Waals surface area contributed by atoms with Gasteiger partial charge in [0.15, 0.2) is 5.96 Å². The first-order valence-corrected chi connectivity index (χ1v) is 9.68. The van der Waals surface area contributed by atoms with Crippen LogP contribution in [0.25, 0.3) is 0 Å². The predicted molar refractivity (Wildman–Crippen MR) is 113 cm³/mol. The van der Waals surface area contributed by atoms with Crippen molar-refractivity contribution in [2.75, 3.05) is 33.4 Å². The average Bonchev–Trinajstić information content (AvgIpc) is 2.73. The fraction of sp³-hybridized carbons (Fsp3) is 0.409. The molecule has 0 aromatic heterocycles. The average molecular weight is 386 g/mol.